The summed E-state index contributed by atoms with van der Waals surface area (Å²) in [6, 6.07) is 1.44. The number of Topliss-reactive ketones (excluding diaryl/α,β-unsaturated/α-hetero) is 1. The highest BCUT2D eigenvalue weighted by Crippen LogP contribution is 2.20. The van der Waals surface area contributed by atoms with Gasteiger partial charge in [-0.25, -0.2) is 4.79 Å². The van der Waals surface area contributed by atoms with Crippen LogP contribution in [0.3, 0.4) is 0 Å². The molecule has 1 N–H and O–H groups in total. The highest BCUT2D eigenvalue weighted by Gasteiger charge is 2.18. The van der Waals surface area contributed by atoms with Gasteiger partial charge >= 0.3 is 5.63 Å². The van der Waals surface area contributed by atoms with Crippen molar-refractivity contribution in [2.24, 2.45) is 0 Å². The smallest absolute Gasteiger partial charge is 0.350 e. The van der Waals surface area contributed by atoms with E-state index in [0.717, 1.165) is 32.1 Å². The van der Waals surface area contributed by atoms with E-state index in [2.05, 4.69) is 13.8 Å². The third-order valence-electron chi connectivity index (χ3n) is 4.54. The van der Waals surface area contributed by atoms with Crippen LogP contribution >= 0.6 is 0 Å². The SMILES string of the molecule is CCCCCCCCC(=O)c1c(O)cc(CCCCCCC)oc1=O. The maximum atomic E-state index is 12.2. The van der Waals surface area contributed by atoms with E-state index in [0.29, 0.717) is 18.6 Å². The number of aromatic hydroxyl groups is 1. The van der Waals surface area contributed by atoms with Crippen molar-refractivity contribution in [3.63, 3.8) is 0 Å². The van der Waals surface area contributed by atoms with Crippen molar-refractivity contribution in [1.82, 2.24) is 0 Å². The minimum Gasteiger partial charge on any atom is -0.507 e. The molecule has 1 aromatic rings. The maximum Gasteiger partial charge on any atom is 0.350 e. The summed E-state index contributed by atoms with van der Waals surface area (Å²) in [5.41, 5.74) is -0.872. The van der Waals surface area contributed by atoms with Crippen molar-refractivity contribution in [1.29, 1.82) is 0 Å². The Labute approximate surface area is 151 Å². The molecule has 0 saturated carbocycles. The number of ketones is 1. The van der Waals surface area contributed by atoms with Crippen molar-refractivity contribution >= 4 is 5.78 Å². The Morgan fingerprint density at radius 2 is 1.48 bits per heavy atom. The summed E-state index contributed by atoms with van der Waals surface area (Å²) >= 11 is 0. The summed E-state index contributed by atoms with van der Waals surface area (Å²) < 4.78 is 5.24. The van der Waals surface area contributed by atoms with Gasteiger partial charge in [0.2, 0.25) is 0 Å². The average Bonchev–Trinajstić information content (AvgIpc) is 2.57. The summed E-state index contributed by atoms with van der Waals surface area (Å²) in [5.74, 6) is -0.0675. The lowest BCUT2D eigenvalue weighted by Crippen LogP contribution is -2.15. The molecule has 0 amide bonds. The summed E-state index contributed by atoms with van der Waals surface area (Å²) in [5, 5.41) is 10.1. The molecule has 25 heavy (non-hydrogen) atoms. The second-order valence-corrected chi connectivity index (χ2v) is 6.87. The average molecular weight is 350 g/mol. The van der Waals surface area contributed by atoms with Gasteiger partial charge in [-0.2, -0.15) is 0 Å². The fourth-order valence-electron chi connectivity index (χ4n) is 3.00. The fourth-order valence-corrected chi connectivity index (χ4v) is 3.00. The lowest BCUT2D eigenvalue weighted by molar-refractivity contribution is 0.0971. The van der Waals surface area contributed by atoms with Gasteiger partial charge in [-0.1, -0.05) is 71.6 Å². The molecule has 0 aliphatic heterocycles. The van der Waals surface area contributed by atoms with E-state index < -0.39 is 5.63 Å². The van der Waals surface area contributed by atoms with Gasteiger partial charge in [0, 0.05) is 18.9 Å². The molecule has 0 fully saturated rings. The first-order chi connectivity index (χ1) is 12.1. The summed E-state index contributed by atoms with van der Waals surface area (Å²) in [6.45, 7) is 4.33. The van der Waals surface area contributed by atoms with Crippen molar-refractivity contribution < 1.29 is 14.3 Å². The quantitative estimate of drug-likeness (QED) is 0.340. The summed E-state index contributed by atoms with van der Waals surface area (Å²) in [6.07, 6.45) is 12.9. The molecule has 0 radical (unpaired) electrons. The number of hydrogen-bond donors (Lipinski definition) is 1. The Morgan fingerprint density at radius 3 is 2.08 bits per heavy atom. The Kier molecular flexibility index (Phi) is 10.9. The first-order valence-electron chi connectivity index (χ1n) is 9.99. The predicted molar refractivity (Wildman–Crippen MR) is 101 cm³/mol. The standard InChI is InChI=1S/C21H34O4/c1-3-5-7-9-11-13-15-18(22)20-19(23)16-17(25-21(20)24)14-12-10-8-6-4-2/h16,23H,3-15H2,1-2H3. The zero-order valence-electron chi connectivity index (χ0n) is 15.9. The molecule has 0 unspecified atom stereocenters. The van der Waals surface area contributed by atoms with Gasteiger partial charge in [-0.15, -0.1) is 0 Å². The van der Waals surface area contributed by atoms with Crippen LogP contribution in [0.15, 0.2) is 15.3 Å². The van der Waals surface area contributed by atoms with Gasteiger partial charge in [0.1, 0.15) is 17.1 Å². The van der Waals surface area contributed by atoms with Crippen LogP contribution in [0.1, 0.15) is 107 Å². The van der Waals surface area contributed by atoms with Gasteiger partial charge in [0.15, 0.2) is 5.78 Å². The molecule has 0 aliphatic rings. The molecule has 4 heteroatoms. The lowest BCUT2D eigenvalue weighted by atomic mass is 10.0. The van der Waals surface area contributed by atoms with Crippen molar-refractivity contribution in [2.75, 3.05) is 0 Å². The molecule has 1 rings (SSSR count). The third kappa shape index (κ3) is 8.37. The van der Waals surface area contributed by atoms with E-state index in [1.165, 1.54) is 44.6 Å². The van der Waals surface area contributed by atoms with Crippen LogP contribution in [0, 0.1) is 0 Å². The van der Waals surface area contributed by atoms with E-state index in [9.17, 15) is 14.7 Å². The van der Waals surface area contributed by atoms with Gasteiger partial charge in [-0.05, 0) is 12.8 Å². The number of rotatable bonds is 14. The molecular weight excluding hydrogens is 316 g/mol. The molecule has 4 nitrogen and oxygen atoms in total. The topological polar surface area (TPSA) is 67.5 Å². The molecule has 0 saturated heterocycles. The maximum absolute atomic E-state index is 12.2. The first-order valence-corrected chi connectivity index (χ1v) is 9.99. The van der Waals surface area contributed by atoms with Gasteiger partial charge < -0.3 is 9.52 Å². The van der Waals surface area contributed by atoms with E-state index in [1.807, 2.05) is 0 Å². The Balaban J connectivity index is 2.48. The minimum atomic E-state index is -0.695. The molecule has 0 atom stereocenters. The van der Waals surface area contributed by atoms with Crippen LogP contribution in [-0.4, -0.2) is 10.9 Å². The van der Waals surface area contributed by atoms with Crippen molar-refractivity contribution in [3.8, 4) is 5.75 Å². The highest BCUT2D eigenvalue weighted by molar-refractivity contribution is 5.97. The molecule has 142 valence electrons. The monoisotopic (exact) mass is 350 g/mol. The Hall–Kier alpha value is -1.58. The molecule has 0 spiro atoms. The van der Waals surface area contributed by atoms with Crippen molar-refractivity contribution in [3.05, 3.63) is 27.8 Å². The second kappa shape index (κ2) is 12.7. The van der Waals surface area contributed by atoms with Crippen LogP contribution in [0.4, 0.5) is 0 Å². The Bertz CT molecular complexity index is 560. The number of hydrogen-bond acceptors (Lipinski definition) is 4. The molecule has 0 bridgehead atoms. The largest absolute Gasteiger partial charge is 0.507 e. The zero-order valence-corrected chi connectivity index (χ0v) is 15.9. The lowest BCUT2D eigenvalue weighted by Gasteiger charge is -2.06. The number of carbonyl (C=O) groups excluding carboxylic acids is 1. The normalized spacial score (nSPS) is 11.0. The number of unbranched alkanes of at least 4 members (excludes halogenated alkanes) is 9. The number of carbonyl (C=O) groups is 1. The van der Waals surface area contributed by atoms with E-state index in [4.69, 9.17) is 4.42 Å². The summed E-state index contributed by atoms with van der Waals surface area (Å²) in [7, 11) is 0. The van der Waals surface area contributed by atoms with Gasteiger partial charge in [-0.3, -0.25) is 4.79 Å². The van der Waals surface area contributed by atoms with Crippen LogP contribution in [0.5, 0.6) is 5.75 Å². The van der Waals surface area contributed by atoms with E-state index >= 15 is 0 Å². The zero-order chi connectivity index (χ0) is 18.5. The highest BCUT2D eigenvalue weighted by atomic mass is 16.4. The summed E-state index contributed by atoms with van der Waals surface area (Å²) in [4.78, 5) is 24.3. The fraction of sp³-hybridized carbons (Fsp3) is 0.714. The second-order valence-electron chi connectivity index (χ2n) is 6.87. The molecule has 0 aromatic carbocycles. The first kappa shape index (κ1) is 21.5. The van der Waals surface area contributed by atoms with Crippen LogP contribution in [0.25, 0.3) is 0 Å². The van der Waals surface area contributed by atoms with E-state index in [1.54, 1.807) is 0 Å². The van der Waals surface area contributed by atoms with Gasteiger partial charge in [0.05, 0.1) is 0 Å². The van der Waals surface area contributed by atoms with Crippen molar-refractivity contribution in [2.45, 2.75) is 97.3 Å². The predicted octanol–water partition coefficient (Wildman–Crippen LogP) is 5.79. The number of aryl methyl sites for hydroxylation is 1. The van der Waals surface area contributed by atoms with E-state index in [-0.39, 0.29) is 17.1 Å². The molecule has 1 aromatic heterocycles. The van der Waals surface area contributed by atoms with Crippen LogP contribution in [0.2, 0.25) is 0 Å². The third-order valence-corrected chi connectivity index (χ3v) is 4.54. The minimum absolute atomic E-state index is 0.178. The molecular formula is C21H34O4. The van der Waals surface area contributed by atoms with Gasteiger partial charge in [0.25, 0.3) is 0 Å². The van der Waals surface area contributed by atoms with Crippen LogP contribution < -0.4 is 5.63 Å². The van der Waals surface area contributed by atoms with Crippen LogP contribution in [-0.2, 0) is 6.42 Å². The molecule has 1 heterocycles. The molecule has 0 aliphatic carbocycles. The Morgan fingerprint density at radius 1 is 0.920 bits per heavy atom.